The van der Waals surface area contributed by atoms with Crippen LogP contribution in [0.4, 0.5) is 0 Å². The molecule has 0 saturated carbocycles. The van der Waals surface area contributed by atoms with Crippen LogP contribution < -0.4 is 5.32 Å². The first-order valence-electron chi connectivity index (χ1n) is 9.86. The summed E-state index contributed by atoms with van der Waals surface area (Å²) in [6, 6.07) is 0. The number of piperidine rings is 1. The third-order valence-corrected chi connectivity index (χ3v) is 5.61. The van der Waals surface area contributed by atoms with Gasteiger partial charge < -0.3 is 24.8 Å². The molecule has 0 spiro atoms. The number of ether oxygens (including phenoxy) is 1. The number of likely N-dealkylation sites (tertiary alicyclic amines) is 2. The number of carbonyl (C=O) groups is 1. The second-order valence-corrected chi connectivity index (χ2v) is 7.34. The summed E-state index contributed by atoms with van der Waals surface area (Å²) in [6.07, 6.45) is 6.02. The lowest BCUT2D eigenvalue weighted by Crippen LogP contribution is -2.47. The predicted molar refractivity (Wildman–Crippen MR) is 95.2 cm³/mol. The molecule has 24 heavy (non-hydrogen) atoms. The fourth-order valence-electron chi connectivity index (χ4n) is 3.98. The largest absolute Gasteiger partial charge is 0.377 e. The Balaban J connectivity index is 1.24. The molecular formula is C18H34N4O2. The Morgan fingerprint density at radius 2 is 1.58 bits per heavy atom. The Labute approximate surface area is 146 Å². The lowest BCUT2D eigenvalue weighted by Gasteiger charge is -2.33. The molecule has 3 saturated heterocycles. The number of piperazine rings is 1. The van der Waals surface area contributed by atoms with Gasteiger partial charge in [-0.1, -0.05) is 0 Å². The van der Waals surface area contributed by atoms with E-state index < -0.39 is 0 Å². The van der Waals surface area contributed by atoms with Crippen molar-refractivity contribution in [1.82, 2.24) is 20.0 Å². The molecule has 6 heteroatoms. The number of hydrogen-bond donors (Lipinski definition) is 1. The van der Waals surface area contributed by atoms with Crippen LogP contribution in [0.15, 0.2) is 0 Å². The molecule has 3 aliphatic heterocycles. The maximum absolute atomic E-state index is 12.2. The van der Waals surface area contributed by atoms with Gasteiger partial charge in [0.05, 0.1) is 12.7 Å². The van der Waals surface area contributed by atoms with E-state index in [1.54, 1.807) is 0 Å². The molecule has 0 atom stereocenters. The highest BCUT2D eigenvalue weighted by molar-refractivity contribution is 5.76. The zero-order valence-corrected chi connectivity index (χ0v) is 15.0. The molecular weight excluding hydrogens is 304 g/mol. The van der Waals surface area contributed by atoms with E-state index in [9.17, 15) is 4.79 Å². The molecule has 3 fully saturated rings. The number of amides is 1. The molecule has 0 aliphatic carbocycles. The first kappa shape index (κ1) is 18.1. The Kier molecular flexibility index (Phi) is 7.32. The van der Waals surface area contributed by atoms with E-state index >= 15 is 0 Å². The molecule has 0 aromatic heterocycles. The molecule has 3 heterocycles. The highest BCUT2D eigenvalue weighted by Crippen LogP contribution is 2.15. The maximum Gasteiger partial charge on any atom is 0.223 e. The third-order valence-electron chi connectivity index (χ3n) is 5.61. The van der Waals surface area contributed by atoms with Gasteiger partial charge in [-0.2, -0.15) is 0 Å². The molecule has 138 valence electrons. The molecule has 1 amide bonds. The van der Waals surface area contributed by atoms with Gasteiger partial charge in [-0.15, -0.1) is 0 Å². The molecule has 6 nitrogen and oxygen atoms in total. The van der Waals surface area contributed by atoms with Gasteiger partial charge in [-0.25, -0.2) is 0 Å². The second kappa shape index (κ2) is 9.70. The summed E-state index contributed by atoms with van der Waals surface area (Å²) in [4.78, 5) is 19.2. The van der Waals surface area contributed by atoms with Crippen molar-refractivity contribution in [2.75, 3.05) is 72.1 Å². The normalized spacial score (nSPS) is 24.6. The number of nitrogens with zero attached hydrogens (tertiary/aromatic N) is 3. The van der Waals surface area contributed by atoms with Crippen molar-refractivity contribution >= 4 is 5.91 Å². The van der Waals surface area contributed by atoms with Crippen LogP contribution in [0.1, 0.15) is 32.1 Å². The average Bonchev–Trinajstić information content (AvgIpc) is 3.15. The number of nitrogens with one attached hydrogen (secondary N) is 1. The van der Waals surface area contributed by atoms with Gasteiger partial charge in [0.15, 0.2) is 0 Å². The SMILES string of the molecule is O=C(CCN1CCC(OCCN2CCCC2)CC1)N1CCNCC1. The van der Waals surface area contributed by atoms with Gasteiger partial charge in [0.25, 0.3) is 0 Å². The van der Waals surface area contributed by atoms with Crippen molar-refractivity contribution in [3.8, 4) is 0 Å². The summed E-state index contributed by atoms with van der Waals surface area (Å²) in [6.45, 7) is 11.1. The smallest absolute Gasteiger partial charge is 0.223 e. The van der Waals surface area contributed by atoms with E-state index in [1.807, 2.05) is 4.90 Å². The summed E-state index contributed by atoms with van der Waals surface area (Å²) < 4.78 is 6.06. The van der Waals surface area contributed by atoms with Crippen molar-refractivity contribution in [3.63, 3.8) is 0 Å². The molecule has 0 aromatic rings. The Bertz CT molecular complexity index is 373. The molecule has 0 aromatic carbocycles. The zero-order chi connectivity index (χ0) is 16.6. The van der Waals surface area contributed by atoms with Crippen molar-refractivity contribution in [3.05, 3.63) is 0 Å². The minimum absolute atomic E-state index is 0.320. The van der Waals surface area contributed by atoms with Crippen LogP contribution in [-0.4, -0.2) is 98.8 Å². The van der Waals surface area contributed by atoms with Gasteiger partial charge in [0, 0.05) is 58.8 Å². The minimum Gasteiger partial charge on any atom is -0.377 e. The minimum atomic E-state index is 0.320. The Morgan fingerprint density at radius 3 is 2.29 bits per heavy atom. The first-order chi connectivity index (χ1) is 11.8. The predicted octanol–water partition coefficient (Wildman–Crippen LogP) is 0.385. The lowest BCUT2D eigenvalue weighted by molar-refractivity contribution is -0.132. The fraction of sp³-hybridized carbons (Fsp3) is 0.944. The van der Waals surface area contributed by atoms with E-state index in [1.165, 1.54) is 25.9 Å². The maximum atomic E-state index is 12.2. The summed E-state index contributed by atoms with van der Waals surface area (Å²) in [5.74, 6) is 0.320. The lowest BCUT2D eigenvalue weighted by atomic mass is 10.1. The summed E-state index contributed by atoms with van der Waals surface area (Å²) in [5, 5.41) is 3.29. The van der Waals surface area contributed by atoms with Crippen LogP contribution in [0.3, 0.4) is 0 Å². The quantitative estimate of drug-likeness (QED) is 0.727. The molecule has 0 radical (unpaired) electrons. The van der Waals surface area contributed by atoms with E-state index in [-0.39, 0.29) is 0 Å². The standard InChI is InChI=1S/C18H34N4O2/c23-18(22-13-6-19-7-14-22)5-12-21-10-3-17(4-11-21)24-16-15-20-8-1-2-9-20/h17,19H,1-16H2. The van der Waals surface area contributed by atoms with Crippen molar-refractivity contribution in [2.24, 2.45) is 0 Å². The monoisotopic (exact) mass is 338 g/mol. The topological polar surface area (TPSA) is 48.1 Å². The molecule has 0 unspecified atom stereocenters. The summed E-state index contributed by atoms with van der Waals surface area (Å²) >= 11 is 0. The van der Waals surface area contributed by atoms with Crippen molar-refractivity contribution in [2.45, 2.75) is 38.2 Å². The van der Waals surface area contributed by atoms with Crippen LogP contribution in [-0.2, 0) is 9.53 Å². The zero-order valence-electron chi connectivity index (χ0n) is 15.0. The first-order valence-corrected chi connectivity index (χ1v) is 9.86. The van der Waals surface area contributed by atoms with E-state index in [2.05, 4.69) is 15.1 Å². The summed E-state index contributed by atoms with van der Waals surface area (Å²) in [7, 11) is 0. The van der Waals surface area contributed by atoms with Gasteiger partial charge in [0.1, 0.15) is 0 Å². The molecule has 1 N–H and O–H groups in total. The van der Waals surface area contributed by atoms with Crippen LogP contribution in [0, 0.1) is 0 Å². The average molecular weight is 338 g/mol. The molecule has 3 rings (SSSR count). The third kappa shape index (κ3) is 5.69. The van der Waals surface area contributed by atoms with Gasteiger partial charge in [0.2, 0.25) is 5.91 Å². The summed E-state index contributed by atoms with van der Waals surface area (Å²) in [5.41, 5.74) is 0. The van der Waals surface area contributed by atoms with Crippen LogP contribution >= 0.6 is 0 Å². The van der Waals surface area contributed by atoms with Gasteiger partial charge in [-0.3, -0.25) is 4.79 Å². The fourth-order valence-corrected chi connectivity index (χ4v) is 3.98. The van der Waals surface area contributed by atoms with E-state index in [0.29, 0.717) is 18.4 Å². The molecule has 3 aliphatic rings. The van der Waals surface area contributed by atoms with E-state index in [4.69, 9.17) is 4.74 Å². The Morgan fingerprint density at radius 1 is 0.917 bits per heavy atom. The van der Waals surface area contributed by atoms with Crippen molar-refractivity contribution in [1.29, 1.82) is 0 Å². The van der Waals surface area contributed by atoms with E-state index in [0.717, 1.165) is 71.8 Å². The van der Waals surface area contributed by atoms with Crippen LogP contribution in [0.5, 0.6) is 0 Å². The number of rotatable bonds is 7. The van der Waals surface area contributed by atoms with Crippen LogP contribution in [0.25, 0.3) is 0 Å². The van der Waals surface area contributed by atoms with Crippen molar-refractivity contribution < 1.29 is 9.53 Å². The molecule has 0 bridgehead atoms. The van der Waals surface area contributed by atoms with Gasteiger partial charge in [-0.05, 0) is 38.8 Å². The van der Waals surface area contributed by atoms with Crippen LogP contribution in [0.2, 0.25) is 0 Å². The highest BCUT2D eigenvalue weighted by Gasteiger charge is 2.22. The second-order valence-electron chi connectivity index (χ2n) is 7.34. The number of hydrogen-bond acceptors (Lipinski definition) is 5. The van der Waals surface area contributed by atoms with Gasteiger partial charge >= 0.3 is 0 Å². The Hall–Kier alpha value is -0.690. The highest BCUT2D eigenvalue weighted by atomic mass is 16.5. The number of carbonyl (C=O) groups excluding carboxylic acids is 1.